The van der Waals surface area contributed by atoms with E-state index in [1.54, 1.807) is 10.7 Å². The van der Waals surface area contributed by atoms with E-state index in [1.807, 2.05) is 31.3 Å². The summed E-state index contributed by atoms with van der Waals surface area (Å²) in [7, 11) is 0. The molecule has 0 amide bonds. The second-order valence-corrected chi connectivity index (χ2v) is 6.32. The van der Waals surface area contributed by atoms with E-state index in [9.17, 15) is 0 Å². The molecule has 0 unspecified atom stereocenters. The van der Waals surface area contributed by atoms with Crippen molar-refractivity contribution in [2.24, 2.45) is 0 Å². The van der Waals surface area contributed by atoms with Crippen molar-refractivity contribution >= 4 is 46.4 Å². The highest BCUT2D eigenvalue weighted by atomic mass is 35.5. The first-order valence-electron chi connectivity index (χ1n) is 7.68. The van der Waals surface area contributed by atoms with Gasteiger partial charge in [0.1, 0.15) is 0 Å². The van der Waals surface area contributed by atoms with Gasteiger partial charge in [0.15, 0.2) is 10.9 Å². The molecule has 0 fully saturated rings. The Balaban J connectivity index is 1.81. The zero-order chi connectivity index (χ0) is 17.4. The Kier molecular flexibility index (Phi) is 7.78. The molecule has 0 aliphatic carbocycles. The van der Waals surface area contributed by atoms with Crippen LogP contribution in [0.15, 0.2) is 30.5 Å². The first kappa shape index (κ1) is 19.0. The van der Waals surface area contributed by atoms with Crippen LogP contribution in [-0.2, 0) is 11.3 Å². The monoisotopic (exact) mass is 386 g/mol. The Hall–Kier alpha value is -1.34. The summed E-state index contributed by atoms with van der Waals surface area (Å²) in [5.74, 6) is 0.683. The second kappa shape index (κ2) is 9.84. The predicted molar refractivity (Wildman–Crippen MR) is 103 cm³/mol. The molecule has 2 rings (SSSR count). The van der Waals surface area contributed by atoms with Gasteiger partial charge in [-0.05, 0) is 43.3 Å². The second-order valence-electron chi connectivity index (χ2n) is 5.07. The van der Waals surface area contributed by atoms with Gasteiger partial charge >= 0.3 is 0 Å². The average Bonchev–Trinajstić information content (AvgIpc) is 2.97. The summed E-state index contributed by atoms with van der Waals surface area (Å²) in [6.45, 7) is 4.76. The van der Waals surface area contributed by atoms with Crippen LogP contribution in [0.2, 0.25) is 10.0 Å². The summed E-state index contributed by atoms with van der Waals surface area (Å²) in [4.78, 5) is 0. The van der Waals surface area contributed by atoms with Crippen molar-refractivity contribution in [2.75, 3.05) is 25.1 Å². The van der Waals surface area contributed by atoms with Crippen LogP contribution in [0.5, 0.6) is 0 Å². The van der Waals surface area contributed by atoms with Crippen molar-refractivity contribution in [2.45, 2.75) is 19.9 Å². The number of nitrogens with one attached hydrogen (secondary N) is 2. The highest BCUT2D eigenvalue weighted by molar-refractivity contribution is 7.80. The summed E-state index contributed by atoms with van der Waals surface area (Å²) in [5.41, 5.74) is 0.951. The molecule has 1 aromatic carbocycles. The number of ether oxygens (including phenoxy) is 1. The molecule has 0 radical (unpaired) electrons. The molecule has 0 saturated heterocycles. The molecular formula is C16H20Cl2N4OS. The van der Waals surface area contributed by atoms with Crippen molar-refractivity contribution in [1.29, 1.82) is 0 Å². The van der Waals surface area contributed by atoms with Crippen LogP contribution in [-0.4, -0.2) is 34.7 Å². The fraction of sp³-hybridized carbons (Fsp3) is 0.375. The molecule has 0 bridgehead atoms. The van der Waals surface area contributed by atoms with E-state index >= 15 is 0 Å². The maximum absolute atomic E-state index is 6.18. The topological polar surface area (TPSA) is 51.1 Å². The van der Waals surface area contributed by atoms with Crippen molar-refractivity contribution in [3.05, 3.63) is 46.1 Å². The highest BCUT2D eigenvalue weighted by Gasteiger charge is 2.05. The number of anilines is 1. The van der Waals surface area contributed by atoms with Gasteiger partial charge in [-0.15, -0.1) is 0 Å². The number of nitrogens with zero attached hydrogens (tertiary/aromatic N) is 2. The van der Waals surface area contributed by atoms with E-state index in [0.717, 1.165) is 31.7 Å². The first-order valence-corrected chi connectivity index (χ1v) is 8.85. The van der Waals surface area contributed by atoms with Gasteiger partial charge in [0.2, 0.25) is 0 Å². The molecule has 8 heteroatoms. The fourth-order valence-electron chi connectivity index (χ4n) is 2.02. The van der Waals surface area contributed by atoms with Crippen LogP contribution in [0.1, 0.15) is 18.9 Å². The van der Waals surface area contributed by atoms with Crippen LogP contribution in [0, 0.1) is 0 Å². The number of halogens is 2. The Labute approximate surface area is 157 Å². The average molecular weight is 387 g/mol. The first-order chi connectivity index (χ1) is 11.6. The molecule has 1 aromatic heterocycles. The van der Waals surface area contributed by atoms with E-state index in [0.29, 0.717) is 27.5 Å². The number of benzene rings is 1. The summed E-state index contributed by atoms with van der Waals surface area (Å²) in [6.07, 6.45) is 2.77. The number of thiocarbonyl (C=S) groups is 1. The minimum Gasteiger partial charge on any atom is -0.382 e. The molecule has 0 atom stereocenters. The third-order valence-electron chi connectivity index (χ3n) is 3.18. The summed E-state index contributed by atoms with van der Waals surface area (Å²) < 4.78 is 7.06. The quantitative estimate of drug-likeness (QED) is 0.531. The minimum absolute atomic E-state index is 0.543. The molecule has 2 N–H and O–H groups in total. The van der Waals surface area contributed by atoms with Crippen LogP contribution >= 0.6 is 35.4 Å². The van der Waals surface area contributed by atoms with Crippen molar-refractivity contribution in [3.63, 3.8) is 0 Å². The molecule has 2 aromatic rings. The van der Waals surface area contributed by atoms with E-state index in [1.165, 1.54) is 0 Å². The van der Waals surface area contributed by atoms with Gasteiger partial charge in [-0.3, -0.25) is 4.68 Å². The van der Waals surface area contributed by atoms with E-state index in [-0.39, 0.29) is 0 Å². The molecule has 0 spiro atoms. The molecule has 0 saturated carbocycles. The van der Waals surface area contributed by atoms with Gasteiger partial charge in [-0.1, -0.05) is 29.3 Å². The Morgan fingerprint density at radius 3 is 2.92 bits per heavy atom. The SMILES string of the molecule is CCOCCCNC(=S)Nc1ccn(Cc2ccc(Cl)cc2Cl)n1. The molecule has 24 heavy (non-hydrogen) atoms. The molecule has 1 heterocycles. The van der Waals surface area contributed by atoms with Crippen LogP contribution < -0.4 is 10.6 Å². The predicted octanol–water partition coefficient (Wildman–Crippen LogP) is 3.95. The van der Waals surface area contributed by atoms with E-state index in [2.05, 4.69) is 15.7 Å². The smallest absolute Gasteiger partial charge is 0.171 e. The van der Waals surface area contributed by atoms with Gasteiger partial charge in [0, 0.05) is 42.1 Å². The molecule has 0 aliphatic rings. The maximum Gasteiger partial charge on any atom is 0.171 e. The number of rotatable bonds is 8. The number of hydrogen-bond acceptors (Lipinski definition) is 3. The van der Waals surface area contributed by atoms with Gasteiger partial charge in [0.25, 0.3) is 0 Å². The Morgan fingerprint density at radius 2 is 2.17 bits per heavy atom. The summed E-state index contributed by atoms with van der Waals surface area (Å²) in [6, 6.07) is 7.29. The Morgan fingerprint density at radius 1 is 1.33 bits per heavy atom. The lowest BCUT2D eigenvalue weighted by Crippen LogP contribution is -2.30. The minimum atomic E-state index is 0.543. The normalized spacial score (nSPS) is 10.6. The van der Waals surface area contributed by atoms with Crippen LogP contribution in [0.3, 0.4) is 0 Å². The van der Waals surface area contributed by atoms with Gasteiger partial charge in [-0.2, -0.15) is 5.10 Å². The standard InChI is InChI=1S/C16H20Cl2N4OS/c1-2-23-9-3-7-19-16(24)20-15-6-8-22(21-15)11-12-4-5-13(17)10-14(12)18/h4-6,8,10H,2-3,7,9,11H2,1H3,(H2,19,20,21,24). The lowest BCUT2D eigenvalue weighted by molar-refractivity contribution is 0.146. The maximum atomic E-state index is 6.18. The third kappa shape index (κ3) is 6.28. The van der Waals surface area contributed by atoms with Crippen molar-refractivity contribution in [3.8, 4) is 0 Å². The lowest BCUT2D eigenvalue weighted by atomic mass is 10.2. The molecular weight excluding hydrogens is 367 g/mol. The van der Waals surface area contributed by atoms with Gasteiger partial charge in [0.05, 0.1) is 6.54 Å². The van der Waals surface area contributed by atoms with Crippen LogP contribution in [0.25, 0.3) is 0 Å². The van der Waals surface area contributed by atoms with Gasteiger partial charge in [-0.25, -0.2) is 0 Å². The Bertz CT molecular complexity index is 678. The van der Waals surface area contributed by atoms with E-state index in [4.69, 9.17) is 40.2 Å². The lowest BCUT2D eigenvalue weighted by Gasteiger charge is -2.08. The van der Waals surface area contributed by atoms with Crippen molar-refractivity contribution < 1.29 is 4.74 Å². The zero-order valence-corrected chi connectivity index (χ0v) is 15.7. The fourth-order valence-corrected chi connectivity index (χ4v) is 2.70. The summed E-state index contributed by atoms with van der Waals surface area (Å²) in [5, 5.41) is 12.4. The van der Waals surface area contributed by atoms with Crippen LogP contribution in [0.4, 0.5) is 5.82 Å². The number of aromatic nitrogens is 2. The van der Waals surface area contributed by atoms with E-state index < -0.39 is 0 Å². The molecule has 130 valence electrons. The number of hydrogen-bond donors (Lipinski definition) is 2. The largest absolute Gasteiger partial charge is 0.382 e. The summed E-state index contributed by atoms with van der Waals surface area (Å²) >= 11 is 17.3. The zero-order valence-electron chi connectivity index (χ0n) is 13.4. The van der Waals surface area contributed by atoms with Crippen molar-refractivity contribution in [1.82, 2.24) is 15.1 Å². The molecule has 0 aliphatic heterocycles. The molecule has 5 nitrogen and oxygen atoms in total. The highest BCUT2D eigenvalue weighted by Crippen LogP contribution is 2.21. The third-order valence-corrected chi connectivity index (χ3v) is 4.02. The van der Waals surface area contributed by atoms with Gasteiger partial charge < -0.3 is 15.4 Å².